The van der Waals surface area contributed by atoms with Gasteiger partial charge in [-0.3, -0.25) is 0 Å². The van der Waals surface area contributed by atoms with Crippen molar-refractivity contribution in [3.05, 3.63) is 28.8 Å². The number of thiocarbonyl (C=S) groups is 1. The van der Waals surface area contributed by atoms with Crippen LogP contribution in [0.4, 0.5) is 5.69 Å². The highest BCUT2D eigenvalue weighted by atomic mass is 35.5. The van der Waals surface area contributed by atoms with Gasteiger partial charge in [0.25, 0.3) is 0 Å². The summed E-state index contributed by atoms with van der Waals surface area (Å²) < 4.78 is 0. The molecular formula is C13H17ClN2S. The van der Waals surface area contributed by atoms with E-state index in [9.17, 15) is 0 Å². The van der Waals surface area contributed by atoms with E-state index in [1.807, 2.05) is 18.2 Å². The van der Waals surface area contributed by atoms with Crippen molar-refractivity contribution in [3.8, 4) is 0 Å². The largest absolute Gasteiger partial charge is 0.389 e. The lowest BCUT2D eigenvalue weighted by molar-refractivity contribution is 0.494. The van der Waals surface area contributed by atoms with E-state index in [1.54, 1.807) is 0 Å². The molecule has 1 heterocycles. The molecule has 1 aromatic rings. The van der Waals surface area contributed by atoms with Crippen molar-refractivity contribution >= 4 is 34.5 Å². The second-order valence-corrected chi connectivity index (χ2v) is 5.70. The fraction of sp³-hybridized carbons (Fsp3) is 0.462. The first-order valence-electron chi connectivity index (χ1n) is 5.84. The van der Waals surface area contributed by atoms with Gasteiger partial charge in [-0.1, -0.05) is 43.7 Å². The smallest absolute Gasteiger partial charge is 0.107 e. The molecule has 2 N–H and O–H groups in total. The maximum Gasteiger partial charge on any atom is 0.107 e. The quantitative estimate of drug-likeness (QED) is 0.836. The molecule has 17 heavy (non-hydrogen) atoms. The minimum absolute atomic E-state index is 0.373. The summed E-state index contributed by atoms with van der Waals surface area (Å²) in [6, 6.07) is 5.83. The third-order valence-electron chi connectivity index (χ3n) is 3.57. The minimum atomic E-state index is 0.373. The van der Waals surface area contributed by atoms with E-state index in [1.165, 1.54) is 0 Å². The summed E-state index contributed by atoms with van der Waals surface area (Å²) in [7, 11) is 0. The molecule has 92 valence electrons. The molecule has 0 aliphatic carbocycles. The normalized spacial score (nSPS) is 24.1. The summed E-state index contributed by atoms with van der Waals surface area (Å²) in [6.45, 7) is 6.62. The van der Waals surface area contributed by atoms with Crippen LogP contribution < -0.4 is 10.6 Å². The van der Waals surface area contributed by atoms with E-state index in [0.29, 0.717) is 21.8 Å². The molecule has 0 bridgehead atoms. The first kappa shape index (κ1) is 12.7. The molecular weight excluding hydrogens is 252 g/mol. The first-order chi connectivity index (χ1) is 8.00. The van der Waals surface area contributed by atoms with Crippen LogP contribution in [0.2, 0.25) is 5.02 Å². The molecule has 0 amide bonds. The van der Waals surface area contributed by atoms with Crippen LogP contribution in [-0.4, -0.2) is 18.1 Å². The van der Waals surface area contributed by atoms with Crippen molar-refractivity contribution in [2.45, 2.75) is 13.8 Å². The highest BCUT2D eigenvalue weighted by Gasteiger charge is 2.28. The Bertz CT molecular complexity index is 437. The fourth-order valence-electron chi connectivity index (χ4n) is 2.35. The Morgan fingerprint density at radius 3 is 2.47 bits per heavy atom. The number of rotatable bonds is 2. The van der Waals surface area contributed by atoms with Crippen LogP contribution in [0.25, 0.3) is 0 Å². The van der Waals surface area contributed by atoms with Crippen molar-refractivity contribution in [3.63, 3.8) is 0 Å². The molecule has 1 fully saturated rings. The van der Waals surface area contributed by atoms with E-state index >= 15 is 0 Å². The Hall–Kier alpha value is -0.800. The molecule has 0 aromatic heterocycles. The van der Waals surface area contributed by atoms with Crippen LogP contribution in [0.1, 0.15) is 19.4 Å². The predicted octanol–water partition coefficient (Wildman–Crippen LogP) is 3.07. The molecule has 4 heteroatoms. The average molecular weight is 269 g/mol. The van der Waals surface area contributed by atoms with Gasteiger partial charge in [-0.05, 0) is 24.0 Å². The third-order valence-corrected chi connectivity index (χ3v) is 4.09. The summed E-state index contributed by atoms with van der Waals surface area (Å²) in [5, 5.41) is 0.641. The van der Waals surface area contributed by atoms with Crippen LogP contribution in [0.5, 0.6) is 0 Å². The van der Waals surface area contributed by atoms with Crippen LogP contribution >= 0.6 is 23.8 Å². The Morgan fingerprint density at radius 1 is 1.35 bits per heavy atom. The zero-order valence-corrected chi connectivity index (χ0v) is 11.7. The monoisotopic (exact) mass is 268 g/mol. The van der Waals surface area contributed by atoms with Gasteiger partial charge in [0, 0.05) is 18.8 Å². The lowest BCUT2D eigenvalue weighted by Gasteiger charge is -2.22. The second kappa shape index (κ2) is 4.83. The predicted molar refractivity (Wildman–Crippen MR) is 77.9 cm³/mol. The molecule has 2 rings (SSSR count). The van der Waals surface area contributed by atoms with Crippen molar-refractivity contribution < 1.29 is 0 Å². The van der Waals surface area contributed by atoms with Crippen LogP contribution in [-0.2, 0) is 0 Å². The molecule has 1 aromatic carbocycles. The Labute approximate surface area is 113 Å². The lowest BCUT2D eigenvalue weighted by Crippen LogP contribution is -2.24. The molecule has 1 aliphatic rings. The summed E-state index contributed by atoms with van der Waals surface area (Å²) >= 11 is 11.3. The fourth-order valence-corrected chi connectivity index (χ4v) is 2.89. The zero-order valence-electron chi connectivity index (χ0n) is 10.1. The van der Waals surface area contributed by atoms with Gasteiger partial charge < -0.3 is 10.6 Å². The minimum Gasteiger partial charge on any atom is -0.389 e. The second-order valence-electron chi connectivity index (χ2n) is 4.86. The lowest BCUT2D eigenvalue weighted by atomic mass is 10.0. The molecule has 0 saturated carbocycles. The third kappa shape index (κ3) is 2.40. The van der Waals surface area contributed by atoms with Gasteiger partial charge in [-0.15, -0.1) is 0 Å². The highest BCUT2D eigenvalue weighted by molar-refractivity contribution is 7.80. The van der Waals surface area contributed by atoms with Gasteiger partial charge in [-0.25, -0.2) is 0 Å². The number of halogens is 1. The van der Waals surface area contributed by atoms with Crippen molar-refractivity contribution in [1.29, 1.82) is 0 Å². The van der Waals surface area contributed by atoms with Crippen molar-refractivity contribution in [1.82, 2.24) is 0 Å². The summed E-state index contributed by atoms with van der Waals surface area (Å²) in [4.78, 5) is 2.70. The van der Waals surface area contributed by atoms with Gasteiger partial charge in [0.15, 0.2) is 0 Å². The number of benzene rings is 1. The summed E-state index contributed by atoms with van der Waals surface area (Å²) in [5.74, 6) is 1.38. The van der Waals surface area contributed by atoms with E-state index in [-0.39, 0.29) is 0 Å². The zero-order chi connectivity index (χ0) is 12.6. The van der Waals surface area contributed by atoms with Gasteiger partial charge in [-0.2, -0.15) is 0 Å². The van der Waals surface area contributed by atoms with Gasteiger partial charge in [0.1, 0.15) is 4.99 Å². The number of nitrogens with two attached hydrogens (primary N) is 1. The first-order valence-corrected chi connectivity index (χ1v) is 6.62. The summed E-state index contributed by atoms with van der Waals surface area (Å²) in [6.07, 6.45) is 0. The maximum absolute atomic E-state index is 6.18. The van der Waals surface area contributed by atoms with Crippen molar-refractivity contribution in [2.75, 3.05) is 18.0 Å². The van der Waals surface area contributed by atoms with E-state index in [2.05, 4.69) is 18.7 Å². The Kier molecular flexibility index (Phi) is 3.59. The SMILES string of the molecule is CC1CN(c2cccc(Cl)c2C(N)=S)CC1C. The number of nitrogens with zero attached hydrogens (tertiary/aromatic N) is 1. The summed E-state index contributed by atoms with van der Waals surface area (Å²) in [5.41, 5.74) is 7.65. The topological polar surface area (TPSA) is 29.3 Å². The Balaban J connectivity index is 2.39. The van der Waals surface area contributed by atoms with E-state index in [4.69, 9.17) is 29.6 Å². The number of anilines is 1. The molecule has 0 radical (unpaired) electrons. The van der Waals surface area contributed by atoms with Crippen LogP contribution in [0.3, 0.4) is 0 Å². The van der Waals surface area contributed by atoms with Gasteiger partial charge in [0.2, 0.25) is 0 Å². The van der Waals surface area contributed by atoms with E-state index in [0.717, 1.165) is 24.3 Å². The molecule has 0 spiro atoms. The molecule has 2 unspecified atom stereocenters. The maximum atomic E-state index is 6.18. The van der Waals surface area contributed by atoms with Crippen LogP contribution in [0.15, 0.2) is 18.2 Å². The van der Waals surface area contributed by atoms with Crippen LogP contribution in [0, 0.1) is 11.8 Å². The highest BCUT2D eigenvalue weighted by Crippen LogP contribution is 2.33. The van der Waals surface area contributed by atoms with Gasteiger partial charge >= 0.3 is 0 Å². The average Bonchev–Trinajstić information content (AvgIpc) is 2.58. The number of hydrogen-bond acceptors (Lipinski definition) is 2. The molecule has 2 nitrogen and oxygen atoms in total. The van der Waals surface area contributed by atoms with E-state index < -0.39 is 0 Å². The van der Waals surface area contributed by atoms with Gasteiger partial charge in [0.05, 0.1) is 10.6 Å². The van der Waals surface area contributed by atoms with Crippen molar-refractivity contribution in [2.24, 2.45) is 17.6 Å². The molecule has 1 saturated heterocycles. The standard InChI is InChI=1S/C13H17ClN2S/c1-8-6-16(7-9(8)2)11-5-3-4-10(14)12(11)13(15)17/h3-5,8-9H,6-7H2,1-2H3,(H2,15,17). The molecule has 1 aliphatic heterocycles. The number of hydrogen-bond donors (Lipinski definition) is 1. The molecule has 2 atom stereocenters. The Morgan fingerprint density at radius 2 is 1.94 bits per heavy atom.